The molecule has 0 saturated carbocycles. The fourth-order valence-corrected chi connectivity index (χ4v) is 0.763. The van der Waals surface area contributed by atoms with Crippen LogP contribution in [0, 0.1) is 5.92 Å². The van der Waals surface area contributed by atoms with Gasteiger partial charge < -0.3 is 9.53 Å². The molecule has 0 amide bonds. The standard InChI is InChI=1S/C9H18O2/c1-3-4-7-11-8-9(2)5-6-10/h6,9H,3-5,7-8H2,1-2H3/t9-/m1/s1. The summed E-state index contributed by atoms with van der Waals surface area (Å²) in [6.07, 6.45) is 3.86. The molecule has 0 saturated heterocycles. The molecule has 0 heterocycles. The van der Waals surface area contributed by atoms with Crippen LogP contribution in [-0.2, 0) is 9.53 Å². The van der Waals surface area contributed by atoms with Crippen LogP contribution < -0.4 is 0 Å². The van der Waals surface area contributed by atoms with Crippen LogP contribution in [0.25, 0.3) is 0 Å². The van der Waals surface area contributed by atoms with Gasteiger partial charge in [0.25, 0.3) is 0 Å². The predicted octanol–water partition coefficient (Wildman–Crippen LogP) is 2.03. The van der Waals surface area contributed by atoms with E-state index in [2.05, 4.69) is 6.92 Å². The van der Waals surface area contributed by atoms with E-state index in [9.17, 15) is 4.79 Å². The second-order valence-electron chi connectivity index (χ2n) is 2.94. The van der Waals surface area contributed by atoms with Crippen LogP contribution in [0.3, 0.4) is 0 Å². The van der Waals surface area contributed by atoms with Gasteiger partial charge in [-0.15, -0.1) is 0 Å². The first kappa shape index (κ1) is 10.6. The van der Waals surface area contributed by atoms with E-state index in [1.807, 2.05) is 6.92 Å². The van der Waals surface area contributed by atoms with E-state index in [0.717, 1.165) is 25.9 Å². The molecule has 0 radical (unpaired) electrons. The van der Waals surface area contributed by atoms with E-state index >= 15 is 0 Å². The maximum Gasteiger partial charge on any atom is 0.120 e. The van der Waals surface area contributed by atoms with Gasteiger partial charge in [0, 0.05) is 19.6 Å². The Labute approximate surface area is 68.9 Å². The Kier molecular flexibility index (Phi) is 7.47. The van der Waals surface area contributed by atoms with Crippen molar-refractivity contribution < 1.29 is 9.53 Å². The van der Waals surface area contributed by atoms with Crippen molar-refractivity contribution in [2.45, 2.75) is 33.1 Å². The first-order valence-electron chi connectivity index (χ1n) is 4.32. The molecule has 0 aromatic heterocycles. The second kappa shape index (κ2) is 7.73. The third kappa shape index (κ3) is 7.53. The molecule has 0 rings (SSSR count). The highest BCUT2D eigenvalue weighted by molar-refractivity contribution is 5.49. The normalized spacial score (nSPS) is 12.9. The van der Waals surface area contributed by atoms with E-state index in [-0.39, 0.29) is 0 Å². The third-order valence-electron chi connectivity index (χ3n) is 1.54. The summed E-state index contributed by atoms with van der Waals surface area (Å²) in [7, 11) is 0. The molecule has 2 heteroatoms. The Balaban J connectivity index is 3.03. The summed E-state index contributed by atoms with van der Waals surface area (Å²) in [4.78, 5) is 10.0. The van der Waals surface area contributed by atoms with Gasteiger partial charge in [0.05, 0.1) is 0 Å². The van der Waals surface area contributed by atoms with Crippen molar-refractivity contribution in [1.82, 2.24) is 0 Å². The summed E-state index contributed by atoms with van der Waals surface area (Å²) in [6.45, 7) is 5.72. The highest BCUT2D eigenvalue weighted by Gasteiger charge is 1.99. The number of rotatable bonds is 7. The van der Waals surface area contributed by atoms with Gasteiger partial charge >= 0.3 is 0 Å². The Morgan fingerprint density at radius 2 is 2.27 bits per heavy atom. The summed E-state index contributed by atoms with van der Waals surface area (Å²) in [5.41, 5.74) is 0. The van der Waals surface area contributed by atoms with Crippen molar-refractivity contribution in [1.29, 1.82) is 0 Å². The summed E-state index contributed by atoms with van der Waals surface area (Å²) in [5, 5.41) is 0. The third-order valence-corrected chi connectivity index (χ3v) is 1.54. The SMILES string of the molecule is CCCCOC[C@H](C)CC=O. The van der Waals surface area contributed by atoms with E-state index < -0.39 is 0 Å². The Hall–Kier alpha value is -0.370. The van der Waals surface area contributed by atoms with Crippen LogP contribution >= 0.6 is 0 Å². The molecule has 0 fully saturated rings. The van der Waals surface area contributed by atoms with E-state index in [4.69, 9.17) is 4.74 Å². The zero-order valence-electron chi connectivity index (χ0n) is 7.51. The molecule has 0 aliphatic carbocycles. The van der Waals surface area contributed by atoms with Crippen molar-refractivity contribution in [2.75, 3.05) is 13.2 Å². The van der Waals surface area contributed by atoms with Crippen LogP contribution in [0.15, 0.2) is 0 Å². The molecule has 2 nitrogen and oxygen atoms in total. The minimum absolute atomic E-state index is 0.379. The van der Waals surface area contributed by atoms with E-state index in [1.165, 1.54) is 6.42 Å². The first-order chi connectivity index (χ1) is 5.31. The molecule has 11 heavy (non-hydrogen) atoms. The number of aldehydes is 1. The Bertz CT molecular complexity index is 91.6. The second-order valence-corrected chi connectivity index (χ2v) is 2.94. The molecule has 0 aromatic carbocycles. The van der Waals surface area contributed by atoms with Gasteiger partial charge in [-0.05, 0) is 12.3 Å². The predicted molar refractivity (Wildman–Crippen MR) is 45.6 cm³/mol. The average Bonchev–Trinajstić information content (AvgIpc) is 1.99. The topological polar surface area (TPSA) is 26.3 Å². The van der Waals surface area contributed by atoms with Crippen LogP contribution in [0.1, 0.15) is 33.1 Å². The fourth-order valence-electron chi connectivity index (χ4n) is 0.763. The lowest BCUT2D eigenvalue weighted by atomic mass is 10.1. The van der Waals surface area contributed by atoms with Gasteiger partial charge in [-0.3, -0.25) is 0 Å². The zero-order chi connectivity index (χ0) is 8.53. The van der Waals surface area contributed by atoms with Crippen molar-refractivity contribution in [3.8, 4) is 0 Å². The molecule has 0 bridgehead atoms. The number of hydrogen-bond donors (Lipinski definition) is 0. The molecule has 0 spiro atoms. The number of carbonyl (C=O) groups excluding carboxylic acids is 1. The van der Waals surface area contributed by atoms with Crippen LogP contribution in [-0.4, -0.2) is 19.5 Å². The molecular formula is C9H18O2. The van der Waals surface area contributed by atoms with Gasteiger partial charge in [0.1, 0.15) is 6.29 Å². The quantitative estimate of drug-likeness (QED) is 0.418. The summed E-state index contributed by atoms with van der Waals surface area (Å²) in [5.74, 6) is 0.379. The van der Waals surface area contributed by atoms with Gasteiger partial charge in [0.2, 0.25) is 0 Å². The lowest BCUT2D eigenvalue weighted by Crippen LogP contribution is -2.07. The summed E-state index contributed by atoms with van der Waals surface area (Å²) in [6, 6.07) is 0. The fraction of sp³-hybridized carbons (Fsp3) is 0.889. The number of unbranched alkanes of at least 4 members (excludes halogenated alkanes) is 1. The number of hydrogen-bond acceptors (Lipinski definition) is 2. The molecule has 0 aliphatic heterocycles. The summed E-state index contributed by atoms with van der Waals surface area (Å²) >= 11 is 0. The maximum atomic E-state index is 10.0. The number of ether oxygens (including phenoxy) is 1. The van der Waals surface area contributed by atoms with Gasteiger partial charge in [-0.25, -0.2) is 0 Å². The number of carbonyl (C=O) groups is 1. The van der Waals surface area contributed by atoms with Crippen molar-refractivity contribution in [2.24, 2.45) is 5.92 Å². The minimum Gasteiger partial charge on any atom is -0.381 e. The zero-order valence-corrected chi connectivity index (χ0v) is 7.51. The first-order valence-corrected chi connectivity index (χ1v) is 4.32. The van der Waals surface area contributed by atoms with E-state index in [1.54, 1.807) is 0 Å². The maximum absolute atomic E-state index is 10.0. The highest BCUT2D eigenvalue weighted by Crippen LogP contribution is 2.00. The minimum atomic E-state index is 0.379. The molecule has 0 aromatic rings. The highest BCUT2D eigenvalue weighted by atomic mass is 16.5. The van der Waals surface area contributed by atoms with Crippen molar-refractivity contribution >= 4 is 6.29 Å². The van der Waals surface area contributed by atoms with Gasteiger partial charge in [0.15, 0.2) is 0 Å². The molecule has 1 atom stereocenters. The van der Waals surface area contributed by atoms with Crippen LogP contribution in [0.4, 0.5) is 0 Å². The average molecular weight is 158 g/mol. The Morgan fingerprint density at radius 3 is 2.82 bits per heavy atom. The lowest BCUT2D eigenvalue weighted by Gasteiger charge is -2.07. The molecule has 0 aliphatic rings. The van der Waals surface area contributed by atoms with Gasteiger partial charge in [-0.2, -0.15) is 0 Å². The molecule has 66 valence electrons. The molecule has 0 N–H and O–H groups in total. The van der Waals surface area contributed by atoms with Crippen molar-refractivity contribution in [3.05, 3.63) is 0 Å². The Morgan fingerprint density at radius 1 is 1.55 bits per heavy atom. The van der Waals surface area contributed by atoms with E-state index in [0.29, 0.717) is 12.3 Å². The summed E-state index contributed by atoms with van der Waals surface area (Å²) < 4.78 is 5.33. The van der Waals surface area contributed by atoms with Crippen molar-refractivity contribution in [3.63, 3.8) is 0 Å². The monoisotopic (exact) mass is 158 g/mol. The lowest BCUT2D eigenvalue weighted by molar-refractivity contribution is -0.108. The molecular weight excluding hydrogens is 140 g/mol. The smallest absolute Gasteiger partial charge is 0.120 e. The largest absolute Gasteiger partial charge is 0.381 e. The van der Waals surface area contributed by atoms with Crippen LogP contribution in [0.2, 0.25) is 0 Å². The van der Waals surface area contributed by atoms with Gasteiger partial charge in [-0.1, -0.05) is 20.3 Å². The van der Waals surface area contributed by atoms with Crippen LogP contribution in [0.5, 0.6) is 0 Å². The molecule has 0 unspecified atom stereocenters.